The highest BCUT2D eigenvalue weighted by atomic mass is 32.1. The lowest BCUT2D eigenvalue weighted by atomic mass is 10.00. The lowest BCUT2D eigenvalue weighted by Crippen LogP contribution is -2.53. The second kappa shape index (κ2) is 5.28. The number of carbonyl (C=O) groups excluding carboxylic acids is 1. The van der Waals surface area contributed by atoms with Gasteiger partial charge in [-0.25, -0.2) is 5.01 Å². The van der Waals surface area contributed by atoms with Crippen molar-refractivity contribution >= 4 is 22.9 Å². The van der Waals surface area contributed by atoms with E-state index >= 15 is 0 Å². The van der Waals surface area contributed by atoms with E-state index in [2.05, 4.69) is 24.3 Å². The van der Waals surface area contributed by atoms with E-state index in [0.29, 0.717) is 22.6 Å². The third kappa shape index (κ3) is 2.67. The van der Waals surface area contributed by atoms with Gasteiger partial charge in [0.2, 0.25) is 0 Å². The van der Waals surface area contributed by atoms with Crippen LogP contribution in [0, 0.1) is 6.92 Å². The van der Waals surface area contributed by atoms with E-state index in [1.807, 2.05) is 6.92 Å². The van der Waals surface area contributed by atoms with Crippen LogP contribution in [0.3, 0.4) is 0 Å². The normalized spacial score (nSPS) is 25.1. The molecule has 1 amide bonds. The van der Waals surface area contributed by atoms with Crippen molar-refractivity contribution in [1.29, 1.82) is 0 Å². The van der Waals surface area contributed by atoms with Gasteiger partial charge in [0.05, 0.1) is 4.88 Å². The van der Waals surface area contributed by atoms with Crippen molar-refractivity contribution in [2.75, 3.05) is 5.73 Å². The quantitative estimate of drug-likeness (QED) is 0.865. The van der Waals surface area contributed by atoms with Gasteiger partial charge in [-0.05, 0) is 39.7 Å². The van der Waals surface area contributed by atoms with Crippen LogP contribution in [-0.2, 0) is 0 Å². The van der Waals surface area contributed by atoms with Crippen LogP contribution < -0.4 is 11.2 Å². The molecule has 0 spiro atoms. The molecule has 1 aromatic heterocycles. The molecular formula is C13H21N3OS. The molecule has 1 aliphatic heterocycles. The number of anilines is 1. The number of amides is 1. The SMILES string of the molecule is Cc1sc(C(=O)NN2C(C)CCCC2C)cc1N. The molecule has 0 bridgehead atoms. The number of thiophene rings is 1. The molecule has 4 nitrogen and oxygen atoms in total. The summed E-state index contributed by atoms with van der Waals surface area (Å²) in [5.74, 6) is -0.0413. The Morgan fingerprint density at radius 2 is 2.06 bits per heavy atom. The van der Waals surface area contributed by atoms with Gasteiger partial charge in [0.25, 0.3) is 5.91 Å². The largest absolute Gasteiger partial charge is 0.398 e. The monoisotopic (exact) mass is 267 g/mol. The molecule has 0 radical (unpaired) electrons. The maximum atomic E-state index is 12.2. The van der Waals surface area contributed by atoms with Crippen LogP contribution in [0.4, 0.5) is 5.69 Å². The first-order valence-electron chi connectivity index (χ1n) is 6.44. The van der Waals surface area contributed by atoms with Crippen LogP contribution in [-0.4, -0.2) is 23.0 Å². The van der Waals surface area contributed by atoms with Crippen LogP contribution >= 0.6 is 11.3 Å². The van der Waals surface area contributed by atoms with E-state index in [-0.39, 0.29) is 5.91 Å². The molecule has 0 aliphatic carbocycles. The fourth-order valence-corrected chi connectivity index (χ4v) is 3.25. The molecule has 1 saturated heterocycles. The number of nitrogens with zero attached hydrogens (tertiary/aromatic N) is 1. The Balaban J connectivity index is 2.06. The second-order valence-corrected chi connectivity index (χ2v) is 6.36. The van der Waals surface area contributed by atoms with Crippen molar-refractivity contribution < 1.29 is 4.79 Å². The summed E-state index contributed by atoms with van der Waals surface area (Å²) in [5, 5.41) is 2.08. The van der Waals surface area contributed by atoms with Crippen molar-refractivity contribution in [3.05, 3.63) is 15.8 Å². The van der Waals surface area contributed by atoms with Gasteiger partial charge in [0, 0.05) is 22.6 Å². The zero-order chi connectivity index (χ0) is 13.3. The highest BCUT2D eigenvalue weighted by Gasteiger charge is 2.26. The maximum absolute atomic E-state index is 12.2. The summed E-state index contributed by atoms with van der Waals surface area (Å²) in [7, 11) is 0. The van der Waals surface area contributed by atoms with E-state index in [1.54, 1.807) is 6.07 Å². The molecule has 2 rings (SSSR count). The summed E-state index contributed by atoms with van der Waals surface area (Å²) >= 11 is 1.45. The molecule has 1 fully saturated rings. The lowest BCUT2D eigenvalue weighted by molar-refractivity contribution is 0.0373. The Hall–Kier alpha value is -1.07. The molecule has 0 saturated carbocycles. The number of piperidine rings is 1. The summed E-state index contributed by atoms with van der Waals surface area (Å²) in [6.45, 7) is 6.25. The van der Waals surface area contributed by atoms with Crippen LogP contribution in [0.2, 0.25) is 0 Å². The molecule has 1 aromatic rings. The van der Waals surface area contributed by atoms with Gasteiger partial charge >= 0.3 is 0 Å². The fourth-order valence-electron chi connectivity index (χ4n) is 2.42. The number of rotatable bonds is 2. The Kier molecular flexibility index (Phi) is 3.92. The molecular weight excluding hydrogens is 246 g/mol. The predicted molar refractivity (Wildman–Crippen MR) is 75.5 cm³/mol. The van der Waals surface area contributed by atoms with Crippen LogP contribution in [0.25, 0.3) is 0 Å². The van der Waals surface area contributed by atoms with E-state index in [4.69, 9.17) is 5.73 Å². The average molecular weight is 267 g/mol. The molecule has 1 aliphatic rings. The number of hydrogen-bond acceptors (Lipinski definition) is 4. The van der Waals surface area contributed by atoms with Crippen molar-refractivity contribution in [3.63, 3.8) is 0 Å². The molecule has 2 atom stereocenters. The number of hydrazine groups is 1. The van der Waals surface area contributed by atoms with Gasteiger partial charge < -0.3 is 5.73 Å². The zero-order valence-corrected chi connectivity index (χ0v) is 12.0. The molecule has 3 N–H and O–H groups in total. The van der Waals surface area contributed by atoms with Crippen molar-refractivity contribution in [2.45, 2.75) is 52.1 Å². The molecule has 100 valence electrons. The first kappa shape index (κ1) is 13.4. The first-order chi connectivity index (χ1) is 8.49. The van der Waals surface area contributed by atoms with E-state index in [0.717, 1.165) is 17.7 Å². The lowest BCUT2D eigenvalue weighted by Gasteiger charge is -2.38. The first-order valence-corrected chi connectivity index (χ1v) is 7.26. The van der Waals surface area contributed by atoms with Crippen LogP contribution in [0.1, 0.15) is 47.7 Å². The Bertz CT molecular complexity index is 414. The fraction of sp³-hybridized carbons (Fsp3) is 0.615. The second-order valence-electron chi connectivity index (χ2n) is 5.10. The average Bonchev–Trinajstić information content (AvgIpc) is 2.64. The standard InChI is InChI=1S/C13H21N3OS/c1-8-5-4-6-9(2)16(8)15-13(17)12-7-11(14)10(3)18-12/h7-9H,4-6,14H2,1-3H3,(H,15,17). The van der Waals surface area contributed by atoms with Crippen LogP contribution in [0.5, 0.6) is 0 Å². The van der Waals surface area contributed by atoms with Gasteiger partial charge in [-0.1, -0.05) is 6.42 Å². The third-order valence-electron chi connectivity index (χ3n) is 3.60. The van der Waals surface area contributed by atoms with Gasteiger partial charge in [-0.3, -0.25) is 10.2 Å². The van der Waals surface area contributed by atoms with Crippen LogP contribution in [0.15, 0.2) is 6.07 Å². The van der Waals surface area contributed by atoms with E-state index in [1.165, 1.54) is 17.8 Å². The summed E-state index contributed by atoms with van der Waals surface area (Å²) < 4.78 is 0. The van der Waals surface area contributed by atoms with Gasteiger partial charge in [-0.15, -0.1) is 11.3 Å². The molecule has 5 heteroatoms. The predicted octanol–water partition coefficient (Wildman–Crippen LogP) is 2.55. The number of nitrogens with two attached hydrogens (primary N) is 1. The number of nitrogens with one attached hydrogen (secondary N) is 1. The molecule has 2 heterocycles. The third-order valence-corrected chi connectivity index (χ3v) is 4.67. The molecule has 18 heavy (non-hydrogen) atoms. The number of hydrogen-bond donors (Lipinski definition) is 2. The highest BCUT2D eigenvalue weighted by Crippen LogP contribution is 2.25. The minimum Gasteiger partial charge on any atom is -0.398 e. The van der Waals surface area contributed by atoms with Crippen molar-refractivity contribution in [2.24, 2.45) is 0 Å². The summed E-state index contributed by atoms with van der Waals surface area (Å²) in [6.07, 6.45) is 3.51. The minimum atomic E-state index is -0.0413. The van der Waals surface area contributed by atoms with Gasteiger partial charge in [-0.2, -0.15) is 0 Å². The summed E-state index contributed by atoms with van der Waals surface area (Å²) in [4.78, 5) is 13.9. The van der Waals surface area contributed by atoms with E-state index < -0.39 is 0 Å². The smallest absolute Gasteiger partial charge is 0.275 e. The number of nitrogen functional groups attached to an aromatic ring is 1. The molecule has 0 aromatic carbocycles. The highest BCUT2D eigenvalue weighted by molar-refractivity contribution is 7.14. The number of carbonyl (C=O) groups is 1. The Morgan fingerprint density at radius 3 is 2.56 bits per heavy atom. The van der Waals surface area contributed by atoms with Crippen molar-refractivity contribution in [3.8, 4) is 0 Å². The van der Waals surface area contributed by atoms with Gasteiger partial charge in [0.15, 0.2) is 0 Å². The van der Waals surface area contributed by atoms with E-state index in [9.17, 15) is 4.79 Å². The Morgan fingerprint density at radius 1 is 1.44 bits per heavy atom. The maximum Gasteiger partial charge on any atom is 0.275 e. The van der Waals surface area contributed by atoms with Crippen molar-refractivity contribution in [1.82, 2.24) is 10.4 Å². The molecule has 2 unspecified atom stereocenters. The summed E-state index contributed by atoms with van der Waals surface area (Å²) in [5.41, 5.74) is 9.51. The minimum absolute atomic E-state index is 0.0413. The zero-order valence-electron chi connectivity index (χ0n) is 11.2. The summed E-state index contributed by atoms with van der Waals surface area (Å²) in [6, 6.07) is 2.56. The topological polar surface area (TPSA) is 58.4 Å². The number of aryl methyl sites for hydroxylation is 1. The van der Waals surface area contributed by atoms with Gasteiger partial charge in [0.1, 0.15) is 0 Å². The Labute approximate surface area is 112 Å².